The van der Waals surface area contributed by atoms with Gasteiger partial charge in [0.15, 0.2) is 0 Å². The Labute approximate surface area is 150 Å². The number of hydrogen-bond donors (Lipinski definition) is 1. The molecule has 3 rings (SSSR count). The first-order chi connectivity index (χ1) is 12.8. The standard InChI is InChI=1S/C16H13F3N6O2/c1-10-5-6-13(27-10)8-20-21-14(26)9-25-23-15(22-24-25)11-3-2-4-12(7-11)16(17,18)19/h2-8H,9H2,1H3,(H,21,26)/b20-8-. The third-order valence-corrected chi connectivity index (χ3v) is 3.33. The van der Waals surface area contributed by atoms with Crippen molar-refractivity contribution in [3.8, 4) is 11.4 Å². The van der Waals surface area contributed by atoms with E-state index < -0.39 is 17.6 Å². The number of halogens is 3. The smallest absolute Gasteiger partial charge is 0.416 e. The molecule has 2 heterocycles. The number of carbonyl (C=O) groups excluding carboxylic acids is 1. The van der Waals surface area contributed by atoms with E-state index in [-0.39, 0.29) is 17.9 Å². The summed E-state index contributed by atoms with van der Waals surface area (Å²) in [6, 6.07) is 7.96. The van der Waals surface area contributed by atoms with Crippen molar-refractivity contribution < 1.29 is 22.4 Å². The lowest BCUT2D eigenvalue weighted by Gasteiger charge is -2.06. The molecule has 0 bridgehead atoms. The molecule has 2 aromatic heterocycles. The van der Waals surface area contributed by atoms with Crippen LogP contribution in [-0.2, 0) is 17.5 Å². The molecule has 3 aromatic rings. The van der Waals surface area contributed by atoms with Crippen LogP contribution in [0.1, 0.15) is 17.1 Å². The Bertz CT molecular complexity index is 976. The number of furan rings is 1. The van der Waals surface area contributed by atoms with Crippen LogP contribution < -0.4 is 5.43 Å². The van der Waals surface area contributed by atoms with E-state index in [1.54, 1.807) is 19.1 Å². The number of nitrogens with zero attached hydrogens (tertiary/aromatic N) is 5. The first-order valence-corrected chi connectivity index (χ1v) is 7.65. The summed E-state index contributed by atoms with van der Waals surface area (Å²) in [5, 5.41) is 15.0. The van der Waals surface area contributed by atoms with Crippen LogP contribution >= 0.6 is 0 Å². The van der Waals surface area contributed by atoms with Gasteiger partial charge >= 0.3 is 6.18 Å². The van der Waals surface area contributed by atoms with Crippen LogP contribution in [0.2, 0.25) is 0 Å². The molecule has 0 atom stereocenters. The summed E-state index contributed by atoms with van der Waals surface area (Å²) in [4.78, 5) is 12.8. The van der Waals surface area contributed by atoms with Crippen LogP contribution in [0, 0.1) is 6.92 Å². The Morgan fingerprint density at radius 1 is 1.33 bits per heavy atom. The summed E-state index contributed by atoms with van der Waals surface area (Å²) < 4.78 is 43.6. The molecule has 0 saturated heterocycles. The molecule has 0 aliphatic heterocycles. The van der Waals surface area contributed by atoms with Gasteiger partial charge in [-0.25, -0.2) is 5.43 Å². The van der Waals surface area contributed by atoms with Crippen molar-refractivity contribution in [2.24, 2.45) is 5.10 Å². The third kappa shape index (κ3) is 4.77. The summed E-state index contributed by atoms with van der Waals surface area (Å²) in [5.41, 5.74) is 1.58. The van der Waals surface area contributed by atoms with Gasteiger partial charge in [-0.1, -0.05) is 12.1 Å². The fourth-order valence-electron chi connectivity index (χ4n) is 2.11. The van der Waals surface area contributed by atoms with E-state index in [0.717, 1.165) is 16.9 Å². The number of carbonyl (C=O) groups is 1. The predicted molar refractivity (Wildman–Crippen MR) is 87.4 cm³/mol. The molecule has 0 saturated carbocycles. The molecule has 0 aliphatic carbocycles. The lowest BCUT2D eigenvalue weighted by atomic mass is 10.1. The zero-order chi connectivity index (χ0) is 19.4. The van der Waals surface area contributed by atoms with Gasteiger partial charge in [-0.15, -0.1) is 10.2 Å². The number of rotatable bonds is 5. The van der Waals surface area contributed by atoms with Gasteiger partial charge in [0.2, 0.25) is 5.82 Å². The first-order valence-electron chi connectivity index (χ1n) is 7.65. The van der Waals surface area contributed by atoms with Crippen molar-refractivity contribution in [1.82, 2.24) is 25.6 Å². The van der Waals surface area contributed by atoms with Crippen LogP contribution in [0.5, 0.6) is 0 Å². The SMILES string of the molecule is Cc1ccc(/C=N\NC(=O)Cn2nnc(-c3cccc(C(F)(F)F)c3)n2)o1. The maximum Gasteiger partial charge on any atom is 0.416 e. The lowest BCUT2D eigenvalue weighted by molar-refractivity contribution is -0.137. The minimum Gasteiger partial charge on any atom is -0.460 e. The van der Waals surface area contributed by atoms with Crippen molar-refractivity contribution in [3.05, 3.63) is 53.5 Å². The maximum absolute atomic E-state index is 12.8. The lowest BCUT2D eigenvalue weighted by Crippen LogP contribution is -2.24. The Hall–Kier alpha value is -3.50. The minimum absolute atomic E-state index is 0.0246. The average Bonchev–Trinajstić information content (AvgIpc) is 3.23. The van der Waals surface area contributed by atoms with Crippen LogP contribution in [0.15, 0.2) is 45.9 Å². The number of benzene rings is 1. The molecule has 11 heteroatoms. The van der Waals surface area contributed by atoms with Crippen molar-refractivity contribution in [2.75, 3.05) is 0 Å². The molecule has 8 nitrogen and oxygen atoms in total. The average molecular weight is 378 g/mol. The van der Waals surface area contributed by atoms with Crippen LogP contribution in [-0.4, -0.2) is 32.3 Å². The molecule has 1 amide bonds. The highest BCUT2D eigenvalue weighted by atomic mass is 19.4. The molecule has 0 unspecified atom stereocenters. The number of aryl methyl sites for hydroxylation is 1. The molecule has 0 radical (unpaired) electrons. The fraction of sp³-hybridized carbons (Fsp3) is 0.188. The van der Waals surface area contributed by atoms with E-state index in [1.165, 1.54) is 18.3 Å². The van der Waals surface area contributed by atoms with Gasteiger partial charge in [0.1, 0.15) is 18.1 Å². The summed E-state index contributed by atoms with van der Waals surface area (Å²) in [6.07, 6.45) is -3.15. The van der Waals surface area contributed by atoms with Crippen molar-refractivity contribution in [3.63, 3.8) is 0 Å². The third-order valence-electron chi connectivity index (χ3n) is 3.33. The van der Waals surface area contributed by atoms with Gasteiger partial charge in [-0.3, -0.25) is 4.79 Å². The monoisotopic (exact) mass is 378 g/mol. The van der Waals surface area contributed by atoms with Crippen LogP contribution in [0.25, 0.3) is 11.4 Å². The number of hydrazone groups is 1. The number of tetrazole rings is 1. The molecule has 0 fully saturated rings. The number of alkyl halides is 3. The maximum atomic E-state index is 12.8. The van der Waals surface area contributed by atoms with Crippen molar-refractivity contribution >= 4 is 12.1 Å². The van der Waals surface area contributed by atoms with Crippen LogP contribution in [0.3, 0.4) is 0 Å². The van der Waals surface area contributed by atoms with E-state index in [9.17, 15) is 18.0 Å². The highest BCUT2D eigenvalue weighted by molar-refractivity contribution is 5.80. The van der Waals surface area contributed by atoms with Crippen molar-refractivity contribution in [1.29, 1.82) is 0 Å². The fourth-order valence-corrected chi connectivity index (χ4v) is 2.11. The number of amides is 1. The Morgan fingerprint density at radius 2 is 2.15 bits per heavy atom. The van der Waals surface area contributed by atoms with Gasteiger partial charge in [0, 0.05) is 5.56 Å². The molecule has 0 spiro atoms. The first kappa shape index (κ1) is 18.3. The van der Waals surface area contributed by atoms with E-state index in [2.05, 4.69) is 25.9 Å². The summed E-state index contributed by atoms with van der Waals surface area (Å²) in [6.45, 7) is 1.47. The van der Waals surface area contributed by atoms with Gasteiger partial charge < -0.3 is 4.42 Å². The quantitative estimate of drug-likeness (QED) is 0.543. The minimum atomic E-state index is -4.48. The zero-order valence-electron chi connectivity index (χ0n) is 13.9. The number of nitrogens with one attached hydrogen (secondary N) is 1. The van der Waals surface area contributed by atoms with Gasteiger partial charge in [0.05, 0.1) is 11.8 Å². The van der Waals surface area contributed by atoms with Gasteiger partial charge in [0.25, 0.3) is 5.91 Å². The highest BCUT2D eigenvalue weighted by Gasteiger charge is 2.30. The van der Waals surface area contributed by atoms with Crippen LogP contribution in [0.4, 0.5) is 13.2 Å². The number of hydrogen-bond acceptors (Lipinski definition) is 6. The molecule has 0 aliphatic rings. The number of aromatic nitrogens is 4. The zero-order valence-corrected chi connectivity index (χ0v) is 13.9. The van der Waals surface area contributed by atoms with Crippen molar-refractivity contribution in [2.45, 2.75) is 19.6 Å². The topological polar surface area (TPSA) is 98.2 Å². The predicted octanol–water partition coefficient (Wildman–Crippen LogP) is 2.41. The summed E-state index contributed by atoms with van der Waals surface area (Å²) >= 11 is 0. The molecule has 27 heavy (non-hydrogen) atoms. The Kier molecular flexibility index (Phi) is 5.01. The second kappa shape index (κ2) is 7.40. The van der Waals surface area contributed by atoms with E-state index in [0.29, 0.717) is 11.5 Å². The molecule has 1 aromatic carbocycles. The van der Waals surface area contributed by atoms with E-state index in [4.69, 9.17) is 4.42 Å². The van der Waals surface area contributed by atoms with Gasteiger partial charge in [-0.05, 0) is 36.4 Å². The second-order valence-electron chi connectivity index (χ2n) is 5.46. The molecule has 1 N–H and O–H groups in total. The Morgan fingerprint density at radius 3 is 2.85 bits per heavy atom. The summed E-state index contributed by atoms with van der Waals surface area (Å²) in [7, 11) is 0. The molecular formula is C16H13F3N6O2. The molecule has 140 valence electrons. The molecular weight excluding hydrogens is 365 g/mol. The highest BCUT2D eigenvalue weighted by Crippen LogP contribution is 2.31. The van der Waals surface area contributed by atoms with E-state index >= 15 is 0 Å². The summed E-state index contributed by atoms with van der Waals surface area (Å²) in [5.74, 6) is 0.612. The Balaban J connectivity index is 1.62. The second-order valence-corrected chi connectivity index (χ2v) is 5.46. The van der Waals surface area contributed by atoms with E-state index in [1.807, 2.05) is 0 Å². The largest absolute Gasteiger partial charge is 0.460 e. The van der Waals surface area contributed by atoms with Gasteiger partial charge in [-0.2, -0.15) is 23.1 Å². The normalized spacial score (nSPS) is 11.9.